The molecule has 5 saturated heterocycles. The molecular weight excluding hydrogens is 592 g/mol. The van der Waals surface area contributed by atoms with Crippen LogP contribution in [-0.2, 0) is 42.7 Å². The smallest absolute Gasteiger partial charge is 0.187 e. The molecule has 0 aliphatic carbocycles. The number of ether oxygens (including phenoxy) is 8. The van der Waals surface area contributed by atoms with Crippen LogP contribution in [0.5, 0.6) is 0 Å². The summed E-state index contributed by atoms with van der Waals surface area (Å²) in [5.41, 5.74) is 0. The number of carbonyl (C=O) groups is 1. The van der Waals surface area contributed by atoms with E-state index in [9.17, 15) is 50.8 Å². The fraction of sp³-hybridized carbons (Fsp3) is 0.958. The van der Waals surface area contributed by atoms with Crippen molar-refractivity contribution in [2.24, 2.45) is 0 Å². The molecule has 19 atom stereocenters. The Hall–Kier alpha value is -1.05. The summed E-state index contributed by atoms with van der Waals surface area (Å²) in [5.74, 6) is 0. The molecule has 0 amide bonds. The lowest BCUT2D eigenvalue weighted by molar-refractivity contribution is -0.367. The molecule has 5 heterocycles. The molecule has 0 aromatic carbocycles. The summed E-state index contributed by atoms with van der Waals surface area (Å²) in [4.78, 5) is 11.2. The Balaban J connectivity index is 1.26. The minimum atomic E-state index is -1.97. The van der Waals surface area contributed by atoms with Gasteiger partial charge in [0.25, 0.3) is 0 Å². The summed E-state index contributed by atoms with van der Waals surface area (Å²) in [5, 5.41) is 102. The first kappa shape index (κ1) is 33.3. The molecular formula is C24H38O19. The van der Waals surface area contributed by atoms with E-state index in [2.05, 4.69) is 0 Å². The fourth-order valence-corrected chi connectivity index (χ4v) is 5.82. The van der Waals surface area contributed by atoms with Crippen molar-refractivity contribution < 1.29 is 93.8 Å². The zero-order chi connectivity index (χ0) is 31.2. The van der Waals surface area contributed by atoms with Crippen LogP contribution < -0.4 is 0 Å². The largest absolute Gasteiger partial charge is 0.394 e. The molecule has 2 unspecified atom stereocenters. The summed E-state index contributed by atoms with van der Waals surface area (Å²) >= 11 is 0. The highest BCUT2D eigenvalue weighted by atomic mass is 16.8. The summed E-state index contributed by atoms with van der Waals surface area (Å²) in [6, 6.07) is 0. The average molecular weight is 631 g/mol. The monoisotopic (exact) mass is 630 g/mol. The summed E-state index contributed by atoms with van der Waals surface area (Å²) in [7, 11) is 0. The number of hydrogen-bond donors (Lipinski definition) is 10. The van der Waals surface area contributed by atoms with E-state index in [1.807, 2.05) is 0 Å². The third kappa shape index (κ3) is 6.35. The molecule has 0 saturated carbocycles. The van der Waals surface area contributed by atoms with E-state index in [0.29, 0.717) is 0 Å². The van der Waals surface area contributed by atoms with Gasteiger partial charge in [-0.2, -0.15) is 0 Å². The maximum absolute atomic E-state index is 11.2. The van der Waals surface area contributed by atoms with Crippen LogP contribution in [0.25, 0.3) is 0 Å². The lowest BCUT2D eigenvalue weighted by Gasteiger charge is -2.46. The lowest BCUT2D eigenvalue weighted by atomic mass is 9.97. The number of aliphatic hydroxyl groups excluding tert-OH is 10. The van der Waals surface area contributed by atoms with Crippen molar-refractivity contribution in [1.29, 1.82) is 0 Å². The predicted molar refractivity (Wildman–Crippen MR) is 128 cm³/mol. The quantitative estimate of drug-likeness (QED) is 0.0895. The van der Waals surface area contributed by atoms with Gasteiger partial charge >= 0.3 is 0 Å². The molecule has 5 aliphatic rings. The fourth-order valence-electron chi connectivity index (χ4n) is 5.82. The summed E-state index contributed by atoms with van der Waals surface area (Å²) in [6.45, 7) is -1.84. The van der Waals surface area contributed by atoms with Gasteiger partial charge in [-0.3, -0.25) is 0 Å². The Labute approximate surface area is 243 Å². The van der Waals surface area contributed by atoms with Gasteiger partial charge in [0, 0.05) is 0 Å². The Kier molecular flexibility index (Phi) is 10.7. The first-order valence-electron chi connectivity index (χ1n) is 13.8. The van der Waals surface area contributed by atoms with E-state index in [4.69, 9.17) is 43.0 Å². The summed E-state index contributed by atoms with van der Waals surface area (Å²) in [6.07, 6.45) is -27.9. The molecule has 5 fully saturated rings. The number of carbonyl (C=O) groups excluding carboxylic acids is 1. The van der Waals surface area contributed by atoms with Crippen molar-refractivity contribution in [3.8, 4) is 0 Å². The van der Waals surface area contributed by atoms with Gasteiger partial charge in [-0.15, -0.1) is 0 Å². The van der Waals surface area contributed by atoms with Gasteiger partial charge in [0.1, 0.15) is 97.7 Å². The molecule has 5 aliphatic heterocycles. The number of fused-ring (bicyclic) bond motifs is 4. The molecule has 248 valence electrons. The van der Waals surface area contributed by atoms with Crippen molar-refractivity contribution in [3.63, 3.8) is 0 Å². The second-order valence-electron chi connectivity index (χ2n) is 11.0. The van der Waals surface area contributed by atoms with Crippen LogP contribution in [0.2, 0.25) is 0 Å². The minimum Gasteiger partial charge on any atom is -0.394 e. The van der Waals surface area contributed by atoms with Crippen LogP contribution in [0, 0.1) is 0 Å². The lowest BCUT2D eigenvalue weighted by Crippen LogP contribution is -2.65. The molecule has 5 rings (SSSR count). The number of hydrogen-bond acceptors (Lipinski definition) is 19. The van der Waals surface area contributed by atoms with Gasteiger partial charge in [-0.05, 0) is 0 Å². The van der Waals surface area contributed by atoms with Crippen LogP contribution in [0.15, 0.2) is 0 Å². The highest BCUT2D eigenvalue weighted by Crippen LogP contribution is 2.37. The van der Waals surface area contributed by atoms with Crippen molar-refractivity contribution >= 4 is 6.29 Å². The third-order valence-electron chi connectivity index (χ3n) is 8.25. The number of aldehydes is 1. The number of rotatable bonds is 12. The van der Waals surface area contributed by atoms with Crippen molar-refractivity contribution in [2.45, 2.75) is 117 Å². The van der Waals surface area contributed by atoms with Gasteiger partial charge < -0.3 is 93.8 Å². The molecule has 0 aromatic heterocycles. The van der Waals surface area contributed by atoms with Gasteiger partial charge in [-0.25, -0.2) is 0 Å². The Morgan fingerprint density at radius 3 is 2.00 bits per heavy atom. The SMILES string of the molecule is O=C[C@H](O)[C@@H](O[C@@H]1O[C@H]2CO[C@H](C2O[C@@H]2O[C@H](CO)[C@H](O)[C@H](O[C@@H]3O[C@H]4CO[C@H](C4O)[C@@H]3O)[C@H]2O)[C@@H]1O)[C@@H](O)[C@H](O)CO. The highest BCUT2D eigenvalue weighted by Gasteiger charge is 2.58. The zero-order valence-corrected chi connectivity index (χ0v) is 22.5. The average Bonchev–Trinajstić information content (AvgIpc) is 3.46. The van der Waals surface area contributed by atoms with Crippen LogP contribution in [0.3, 0.4) is 0 Å². The second-order valence-corrected chi connectivity index (χ2v) is 11.0. The van der Waals surface area contributed by atoms with E-state index in [-0.39, 0.29) is 19.5 Å². The zero-order valence-electron chi connectivity index (χ0n) is 22.5. The first-order valence-corrected chi connectivity index (χ1v) is 13.8. The van der Waals surface area contributed by atoms with Crippen molar-refractivity contribution in [3.05, 3.63) is 0 Å². The first-order chi connectivity index (χ1) is 20.5. The Bertz CT molecular complexity index is 929. The van der Waals surface area contributed by atoms with Crippen LogP contribution in [-0.4, -0.2) is 200 Å². The Morgan fingerprint density at radius 2 is 1.33 bits per heavy atom. The molecule has 0 aromatic rings. The molecule has 43 heavy (non-hydrogen) atoms. The molecule has 10 N–H and O–H groups in total. The minimum absolute atomic E-state index is 0.0139. The summed E-state index contributed by atoms with van der Waals surface area (Å²) < 4.78 is 44.7. The van der Waals surface area contributed by atoms with E-state index in [1.165, 1.54) is 0 Å². The Morgan fingerprint density at radius 1 is 0.721 bits per heavy atom. The van der Waals surface area contributed by atoms with E-state index < -0.39 is 130 Å². The standard InChI is InChI=1S/C24H38O19/c25-1-6(28)11(30)17(7(29)2-26)41-24-16(35)21-18(10(40-24)5-37-21)42-23-15(34)20(12(31)8(3-27)38-23)43-22-14(33)19-13(32)9(39-22)4-36-19/h2,6-25,27-35H,1,3-5H2/t6-,7+,8-,9+,10+,11+,12+,13?,14+,15-,16+,17-,18?,19-,20+,21+,22+,23+,24+/m1/s1. The molecule has 19 nitrogen and oxygen atoms in total. The molecule has 19 heteroatoms. The van der Waals surface area contributed by atoms with Crippen LogP contribution in [0.4, 0.5) is 0 Å². The van der Waals surface area contributed by atoms with Gasteiger partial charge in [-0.1, -0.05) is 0 Å². The highest BCUT2D eigenvalue weighted by molar-refractivity contribution is 5.56. The van der Waals surface area contributed by atoms with E-state index in [1.54, 1.807) is 0 Å². The normalized spacial score (nSPS) is 48.9. The van der Waals surface area contributed by atoms with E-state index >= 15 is 0 Å². The van der Waals surface area contributed by atoms with Crippen LogP contribution >= 0.6 is 0 Å². The topological polar surface area (TPSA) is 293 Å². The molecule has 0 spiro atoms. The predicted octanol–water partition coefficient (Wildman–Crippen LogP) is -7.81. The van der Waals surface area contributed by atoms with Gasteiger partial charge in [0.05, 0.1) is 26.4 Å². The second kappa shape index (κ2) is 13.7. The van der Waals surface area contributed by atoms with Crippen molar-refractivity contribution in [2.75, 3.05) is 26.4 Å². The van der Waals surface area contributed by atoms with Gasteiger partial charge in [0.2, 0.25) is 0 Å². The van der Waals surface area contributed by atoms with Crippen LogP contribution in [0.1, 0.15) is 0 Å². The third-order valence-corrected chi connectivity index (χ3v) is 8.25. The molecule has 0 radical (unpaired) electrons. The maximum atomic E-state index is 11.2. The number of aliphatic hydroxyl groups is 10. The molecule has 4 bridgehead atoms. The van der Waals surface area contributed by atoms with Crippen molar-refractivity contribution in [1.82, 2.24) is 0 Å². The van der Waals surface area contributed by atoms with E-state index in [0.717, 1.165) is 0 Å². The van der Waals surface area contributed by atoms with Gasteiger partial charge in [0.15, 0.2) is 25.2 Å². The maximum Gasteiger partial charge on any atom is 0.187 e.